The first-order chi connectivity index (χ1) is 13.2. The molecule has 1 N–H and O–H groups in total. The summed E-state index contributed by atoms with van der Waals surface area (Å²) in [5.74, 6) is -1.12. The SMILES string of the molecule is O=C(COC(=O)c1cnc2ccccc2n1)Nc1ccc2ccccc2c1. The molecule has 6 nitrogen and oxygen atoms in total. The van der Waals surface area contributed by atoms with Crippen molar-refractivity contribution in [1.29, 1.82) is 0 Å². The van der Waals surface area contributed by atoms with E-state index in [1.807, 2.05) is 48.5 Å². The van der Waals surface area contributed by atoms with E-state index in [0.29, 0.717) is 16.7 Å². The molecule has 0 aliphatic carbocycles. The van der Waals surface area contributed by atoms with Crippen molar-refractivity contribution in [2.75, 3.05) is 11.9 Å². The molecule has 0 atom stereocenters. The molecule has 0 saturated carbocycles. The van der Waals surface area contributed by atoms with Gasteiger partial charge in [-0.1, -0.05) is 42.5 Å². The van der Waals surface area contributed by atoms with Crippen LogP contribution < -0.4 is 5.32 Å². The van der Waals surface area contributed by atoms with Crippen molar-refractivity contribution in [1.82, 2.24) is 9.97 Å². The molecule has 3 aromatic carbocycles. The Kier molecular flexibility index (Phi) is 4.45. The van der Waals surface area contributed by atoms with E-state index in [-0.39, 0.29) is 5.69 Å². The molecular formula is C21H15N3O3. The number of carbonyl (C=O) groups excluding carboxylic acids is 2. The Hall–Kier alpha value is -3.80. The van der Waals surface area contributed by atoms with Gasteiger partial charge in [-0.05, 0) is 35.0 Å². The van der Waals surface area contributed by atoms with Crippen molar-refractivity contribution in [2.45, 2.75) is 0 Å². The van der Waals surface area contributed by atoms with Gasteiger partial charge in [0.1, 0.15) is 0 Å². The highest BCUT2D eigenvalue weighted by Crippen LogP contribution is 2.18. The zero-order valence-electron chi connectivity index (χ0n) is 14.3. The Labute approximate surface area is 154 Å². The Morgan fingerprint density at radius 1 is 0.889 bits per heavy atom. The molecule has 0 bridgehead atoms. The number of aromatic nitrogens is 2. The van der Waals surface area contributed by atoms with Crippen LogP contribution in [0.4, 0.5) is 5.69 Å². The van der Waals surface area contributed by atoms with Crippen LogP contribution in [-0.2, 0) is 9.53 Å². The van der Waals surface area contributed by atoms with Gasteiger partial charge in [-0.3, -0.25) is 9.78 Å². The second kappa shape index (κ2) is 7.21. The van der Waals surface area contributed by atoms with Crippen LogP contribution in [-0.4, -0.2) is 28.5 Å². The monoisotopic (exact) mass is 357 g/mol. The van der Waals surface area contributed by atoms with Gasteiger partial charge in [-0.15, -0.1) is 0 Å². The molecule has 0 radical (unpaired) electrons. The van der Waals surface area contributed by atoms with Crippen LogP contribution in [0.1, 0.15) is 10.5 Å². The molecule has 1 amide bonds. The predicted octanol–water partition coefficient (Wildman–Crippen LogP) is 3.58. The highest BCUT2D eigenvalue weighted by atomic mass is 16.5. The maximum atomic E-state index is 12.1. The zero-order valence-corrected chi connectivity index (χ0v) is 14.3. The molecule has 0 aliphatic rings. The summed E-state index contributed by atoms with van der Waals surface area (Å²) in [6.07, 6.45) is 1.34. The first-order valence-electron chi connectivity index (χ1n) is 8.37. The molecule has 0 fully saturated rings. The third-order valence-corrected chi connectivity index (χ3v) is 4.03. The number of hydrogen-bond donors (Lipinski definition) is 1. The third kappa shape index (κ3) is 3.74. The van der Waals surface area contributed by atoms with Crippen LogP contribution in [0.3, 0.4) is 0 Å². The molecule has 0 spiro atoms. The molecule has 132 valence electrons. The van der Waals surface area contributed by atoms with Gasteiger partial charge < -0.3 is 10.1 Å². The lowest BCUT2D eigenvalue weighted by Gasteiger charge is -2.07. The van der Waals surface area contributed by atoms with E-state index in [4.69, 9.17) is 4.74 Å². The number of hydrogen-bond acceptors (Lipinski definition) is 5. The van der Waals surface area contributed by atoms with Crippen LogP contribution in [0.2, 0.25) is 0 Å². The molecule has 27 heavy (non-hydrogen) atoms. The number of ether oxygens (including phenoxy) is 1. The van der Waals surface area contributed by atoms with E-state index in [1.165, 1.54) is 6.20 Å². The third-order valence-electron chi connectivity index (χ3n) is 4.03. The van der Waals surface area contributed by atoms with E-state index >= 15 is 0 Å². The number of nitrogens with zero attached hydrogens (tertiary/aromatic N) is 2. The standard InChI is InChI=1S/C21H15N3O3/c25-20(23-16-10-9-14-5-1-2-6-15(14)11-16)13-27-21(26)19-12-22-17-7-3-4-8-18(17)24-19/h1-12H,13H2,(H,23,25). The van der Waals surface area contributed by atoms with E-state index < -0.39 is 18.5 Å². The van der Waals surface area contributed by atoms with Crippen molar-refractivity contribution in [3.63, 3.8) is 0 Å². The minimum atomic E-state index is -0.693. The summed E-state index contributed by atoms with van der Waals surface area (Å²) in [7, 11) is 0. The molecule has 1 heterocycles. The summed E-state index contributed by atoms with van der Waals surface area (Å²) in [5.41, 5.74) is 1.98. The number of nitrogens with one attached hydrogen (secondary N) is 1. The number of anilines is 1. The zero-order chi connectivity index (χ0) is 18.6. The number of carbonyl (C=O) groups is 2. The molecular weight excluding hydrogens is 342 g/mol. The lowest BCUT2D eigenvalue weighted by molar-refractivity contribution is -0.119. The number of amides is 1. The normalized spacial score (nSPS) is 10.7. The fourth-order valence-electron chi connectivity index (χ4n) is 2.72. The molecule has 4 aromatic rings. The Balaban J connectivity index is 1.39. The average molecular weight is 357 g/mol. The number of para-hydroxylation sites is 2. The predicted molar refractivity (Wildman–Crippen MR) is 102 cm³/mol. The minimum absolute atomic E-state index is 0.0622. The van der Waals surface area contributed by atoms with Crippen LogP contribution in [0, 0.1) is 0 Å². The number of rotatable bonds is 4. The van der Waals surface area contributed by atoms with Crippen LogP contribution >= 0.6 is 0 Å². The summed E-state index contributed by atoms with van der Waals surface area (Å²) in [6, 6.07) is 20.6. The van der Waals surface area contributed by atoms with Gasteiger partial charge in [0.05, 0.1) is 17.2 Å². The van der Waals surface area contributed by atoms with Gasteiger partial charge in [-0.2, -0.15) is 0 Å². The highest BCUT2D eigenvalue weighted by Gasteiger charge is 2.13. The molecule has 1 aromatic heterocycles. The van der Waals surface area contributed by atoms with Crippen LogP contribution in [0.25, 0.3) is 21.8 Å². The fraction of sp³-hybridized carbons (Fsp3) is 0.0476. The fourth-order valence-corrected chi connectivity index (χ4v) is 2.72. The van der Waals surface area contributed by atoms with Crippen LogP contribution in [0.5, 0.6) is 0 Å². The summed E-state index contributed by atoms with van der Waals surface area (Å²) in [4.78, 5) is 32.6. The number of fused-ring (bicyclic) bond motifs is 2. The first kappa shape index (κ1) is 16.7. The van der Waals surface area contributed by atoms with Gasteiger partial charge in [0.15, 0.2) is 12.3 Å². The molecule has 0 unspecified atom stereocenters. The minimum Gasteiger partial charge on any atom is -0.451 e. The van der Waals surface area contributed by atoms with Gasteiger partial charge in [-0.25, -0.2) is 9.78 Å². The topological polar surface area (TPSA) is 81.2 Å². The van der Waals surface area contributed by atoms with Crippen molar-refractivity contribution in [3.05, 3.63) is 78.6 Å². The summed E-state index contributed by atoms with van der Waals surface area (Å²) >= 11 is 0. The molecule has 0 saturated heterocycles. The maximum absolute atomic E-state index is 12.1. The van der Waals surface area contributed by atoms with Crippen molar-refractivity contribution in [2.24, 2.45) is 0 Å². The van der Waals surface area contributed by atoms with E-state index in [0.717, 1.165) is 10.8 Å². The Morgan fingerprint density at radius 3 is 2.48 bits per heavy atom. The number of esters is 1. The van der Waals surface area contributed by atoms with Gasteiger partial charge in [0.25, 0.3) is 5.91 Å². The lowest BCUT2D eigenvalue weighted by Crippen LogP contribution is -2.21. The van der Waals surface area contributed by atoms with Crippen LogP contribution in [0.15, 0.2) is 72.9 Å². The Morgan fingerprint density at radius 2 is 1.63 bits per heavy atom. The summed E-state index contributed by atoms with van der Waals surface area (Å²) in [6.45, 7) is -0.403. The highest BCUT2D eigenvalue weighted by molar-refractivity contribution is 5.97. The largest absolute Gasteiger partial charge is 0.451 e. The van der Waals surface area contributed by atoms with Gasteiger partial charge in [0.2, 0.25) is 0 Å². The summed E-state index contributed by atoms with van der Waals surface area (Å²) < 4.78 is 5.05. The quantitative estimate of drug-likeness (QED) is 0.565. The summed E-state index contributed by atoms with van der Waals surface area (Å²) in [5, 5.41) is 4.81. The Bertz CT molecular complexity index is 1160. The second-order valence-corrected chi connectivity index (χ2v) is 5.93. The molecule has 0 aliphatic heterocycles. The molecule has 6 heteroatoms. The molecule has 4 rings (SSSR count). The average Bonchev–Trinajstić information content (AvgIpc) is 2.71. The van der Waals surface area contributed by atoms with Gasteiger partial charge in [0, 0.05) is 5.69 Å². The second-order valence-electron chi connectivity index (χ2n) is 5.93. The number of benzene rings is 3. The van der Waals surface area contributed by atoms with Crippen molar-refractivity contribution < 1.29 is 14.3 Å². The van der Waals surface area contributed by atoms with Crippen molar-refractivity contribution in [3.8, 4) is 0 Å². The van der Waals surface area contributed by atoms with E-state index in [2.05, 4.69) is 15.3 Å². The smallest absolute Gasteiger partial charge is 0.359 e. The van der Waals surface area contributed by atoms with E-state index in [9.17, 15) is 9.59 Å². The van der Waals surface area contributed by atoms with Crippen molar-refractivity contribution >= 4 is 39.4 Å². The maximum Gasteiger partial charge on any atom is 0.359 e. The van der Waals surface area contributed by atoms with Gasteiger partial charge >= 0.3 is 5.97 Å². The lowest BCUT2D eigenvalue weighted by atomic mass is 10.1. The van der Waals surface area contributed by atoms with E-state index in [1.54, 1.807) is 18.2 Å². The first-order valence-corrected chi connectivity index (χ1v) is 8.37.